The Kier molecular flexibility index (Phi) is 16.9. The number of anilines is 1. The maximum Gasteiger partial charge on any atom is 0.273 e. The molecule has 2 atom stereocenters. The van der Waals surface area contributed by atoms with E-state index in [1.165, 1.54) is 24.3 Å². The minimum absolute atomic E-state index is 0.0612. The van der Waals surface area contributed by atoms with Crippen LogP contribution in [0.4, 0.5) is 5.69 Å². The molecular formula is C54H60Cl3N7O8S. The number of nitrogens with one attached hydrogen (secondary N) is 2. The number of sulfonamides is 1. The van der Waals surface area contributed by atoms with Gasteiger partial charge in [0.1, 0.15) is 18.1 Å². The third-order valence-electron chi connectivity index (χ3n) is 13.8. The lowest BCUT2D eigenvalue weighted by Gasteiger charge is -2.40. The number of fused-ring (bicyclic) bond motifs is 2. The summed E-state index contributed by atoms with van der Waals surface area (Å²) in [7, 11) is -4.53. The average Bonchev–Trinajstić information content (AvgIpc) is 3.70. The Bertz CT molecular complexity index is 3000. The molecule has 0 saturated carbocycles. The van der Waals surface area contributed by atoms with Crippen molar-refractivity contribution in [3.8, 4) is 5.75 Å². The molecule has 9 rings (SSSR count). The van der Waals surface area contributed by atoms with Crippen LogP contribution < -0.4 is 19.9 Å². The molecule has 2 N–H and O–H groups in total. The molecule has 386 valence electrons. The van der Waals surface area contributed by atoms with Crippen molar-refractivity contribution in [2.24, 2.45) is 0 Å². The summed E-state index contributed by atoms with van der Waals surface area (Å²) in [5.41, 5.74) is 6.40. The molecule has 0 aliphatic carbocycles. The van der Waals surface area contributed by atoms with Gasteiger partial charge >= 0.3 is 0 Å². The van der Waals surface area contributed by atoms with Crippen molar-refractivity contribution in [3.05, 3.63) is 146 Å². The van der Waals surface area contributed by atoms with Crippen molar-refractivity contribution in [2.75, 3.05) is 83.9 Å². The van der Waals surface area contributed by atoms with E-state index in [2.05, 4.69) is 26.0 Å². The zero-order valence-corrected chi connectivity index (χ0v) is 44.0. The Balaban J connectivity index is 1.06. The zero-order chi connectivity index (χ0) is 51.2. The Morgan fingerprint density at radius 3 is 2.30 bits per heavy atom. The summed E-state index contributed by atoms with van der Waals surface area (Å²) in [4.78, 5) is 52.9. The predicted octanol–water partition coefficient (Wildman–Crippen LogP) is 7.87. The predicted molar refractivity (Wildman–Crippen MR) is 284 cm³/mol. The van der Waals surface area contributed by atoms with Crippen LogP contribution in [0.5, 0.6) is 5.75 Å². The topological polar surface area (TPSA) is 153 Å². The fourth-order valence-corrected chi connectivity index (χ4v) is 11.3. The summed E-state index contributed by atoms with van der Waals surface area (Å²) in [6, 6.07) is 27.0. The number of hydrogen-bond acceptors (Lipinski definition) is 12. The first kappa shape index (κ1) is 52.6. The number of benzene rings is 5. The number of ether oxygens (including phenoxy) is 3. The molecule has 4 aliphatic rings. The highest BCUT2D eigenvalue weighted by Crippen LogP contribution is 2.35. The first-order valence-electron chi connectivity index (χ1n) is 24.8. The first-order valence-corrected chi connectivity index (χ1v) is 27.4. The van der Waals surface area contributed by atoms with E-state index < -0.39 is 27.9 Å². The normalized spacial score (nSPS) is 18.8. The smallest absolute Gasteiger partial charge is 0.273 e. The van der Waals surface area contributed by atoms with Crippen molar-refractivity contribution in [1.82, 2.24) is 29.7 Å². The van der Waals surface area contributed by atoms with Crippen LogP contribution in [0.3, 0.4) is 0 Å². The molecule has 2 saturated heterocycles. The highest BCUT2D eigenvalue weighted by molar-refractivity contribution is 7.90. The van der Waals surface area contributed by atoms with Crippen molar-refractivity contribution < 1.29 is 37.0 Å². The van der Waals surface area contributed by atoms with Crippen molar-refractivity contribution in [2.45, 2.75) is 63.2 Å². The van der Waals surface area contributed by atoms with E-state index in [0.29, 0.717) is 105 Å². The van der Waals surface area contributed by atoms with Crippen LogP contribution in [0.2, 0.25) is 10.0 Å². The van der Waals surface area contributed by atoms with E-state index in [-0.39, 0.29) is 51.8 Å². The minimum atomic E-state index is -4.53. The summed E-state index contributed by atoms with van der Waals surface area (Å²) in [6.45, 7) is 11.8. The molecule has 15 nitrogen and oxygen atoms in total. The van der Waals surface area contributed by atoms with Gasteiger partial charge in [-0.1, -0.05) is 96.7 Å². The fraction of sp³-hybridized carbons (Fsp3) is 0.389. The van der Waals surface area contributed by atoms with Gasteiger partial charge in [0.25, 0.3) is 27.7 Å². The van der Waals surface area contributed by atoms with Gasteiger partial charge in [0.05, 0.1) is 69.3 Å². The van der Waals surface area contributed by atoms with Gasteiger partial charge < -0.3 is 24.0 Å². The number of amides is 3. The number of hydrogen-bond donors (Lipinski definition) is 2. The average molecular weight is 1070 g/mol. The molecule has 19 heteroatoms. The van der Waals surface area contributed by atoms with Crippen LogP contribution >= 0.6 is 34.8 Å². The van der Waals surface area contributed by atoms with Gasteiger partial charge in [-0.25, -0.2) is 18.6 Å². The number of rotatable bonds is 17. The summed E-state index contributed by atoms with van der Waals surface area (Å²) in [5, 5.41) is 3.87. The maximum atomic E-state index is 15.5. The van der Waals surface area contributed by atoms with E-state index in [1.807, 2.05) is 50.2 Å². The van der Waals surface area contributed by atoms with Gasteiger partial charge in [-0.05, 0) is 90.4 Å². The van der Waals surface area contributed by atoms with Gasteiger partial charge in [0.15, 0.2) is 0 Å². The SMILES string of the molecule is CCCCN(Cc1ccc(Cl)c(Cl)c1)C(=O)C1=C(Cl)C(C)NN1c1ccc(C(=O)NS(=O)(=O)c2ccc3cccc(OCCN4CCOCC4)c3c2)c(C(=O)N2Cc3ccccc3CC2CN2CCOCC2)c1. The largest absolute Gasteiger partial charge is 0.492 e. The highest BCUT2D eigenvalue weighted by Gasteiger charge is 2.38. The third-order valence-corrected chi connectivity index (χ3v) is 16.4. The summed E-state index contributed by atoms with van der Waals surface area (Å²) in [6.07, 6.45) is 2.09. The fourth-order valence-electron chi connectivity index (χ4n) is 9.77. The van der Waals surface area contributed by atoms with Crippen LogP contribution in [0.1, 0.15) is 64.1 Å². The van der Waals surface area contributed by atoms with E-state index in [0.717, 1.165) is 41.6 Å². The zero-order valence-electron chi connectivity index (χ0n) is 41.0. The highest BCUT2D eigenvalue weighted by atomic mass is 35.5. The standard InChI is InChI=1S/C54H60Cl3N7O8S/c1-3-4-18-62(33-37-12-17-47(55)48(56)29-37)54(67)51-50(57)36(2)58-64(51)41-14-16-44(46(31-41)53(66)63-34-40-9-6-5-8-39(40)30-42(63)35-61-21-26-71-27-22-61)52(65)59-73(68,69)43-15-13-38-10-7-11-49(45(38)32-43)72-28-23-60-19-24-70-25-20-60/h5-17,29,31-32,36,42,58H,3-4,18-28,30,33-35H2,1-2H3,(H,59,65). The Labute approximate surface area is 441 Å². The molecule has 0 aromatic heterocycles. The van der Waals surface area contributed by atoms with Crippen molar-refractivity contribution in [1.29, 1.82) is 0 Å². The summed E-state index contributed by atoms with van der Waals surface area (Å²) >= 11 is 19.7. The Morgan fingerprint density at radius 2 is 1.56 bits per heavy atom. The van der Waals surface area contributed by atoms with Gasteiger partial charge in [0, 0.05) is 70.3 Å². The van der Waals surface area contributed by atoms with Crippen molar-refractivity contribution in [3.63, 3.8) is 0 Å². The van der Waals surface area contributed by atoms with E-state index in [1.54, 1.807) is 45.1 Å². The second kappa shape index (κ2) is 23.5. The van der Waals surface area contributed by atoms with Gasteiger partial charge in [-0.2, -0.15) is 0 Å². The number of carbonyl (C=O) groups is 3. The lowest BCUT2D eigenvalue weighted by Crippen LogP contribution is -2.52. The maximum absolute atomic E-state index is 15.5. The number of morpholine rings is 2. The number of nitrogens with zero attached hydrogens (tertiary/aromatic N) is 5. The molecule has 0 spiro atoms. The Morgan fingerprint density at radius 1 is 0.822 bits per heavy atom. The molecule has 3 amide bonds. The molecule has 2 unspecified atom stereocenters. The monoisotopic (exact) mass is 1070 g/mol. The molecule has 4 aliphatic heterocycles. The molecule has 73 heavy (non-hydrogen) atoms. The van der Waals surface area contributed by atoms with Crippen LogP contribution in [0.25, 0.3) is 10.8 Å². The molecule has 2 fully saturated rings. The lowest BCUT2D eigenvalue weighted by molar-refractivity contribution is -0.127. The van der Waals surface area contributed by atoms with Crippen LogP contribution in [-0.2, 0) is 43.8 Å². The van der Waals surface area contributed by atoms with Crippen LogP contribution in [0, 0.1) is 0 Å². The quantitative estimate of drug-likeness (QED) is 0.0933. The van der Waals surface area contributed by atoms with Crippen LogP contribution in [-0.4, -0.2) is 137 Å². The molecule has 0 radical (unpaired) electrons. The second-order valence-corrected chi connectivity index (χ2v) is 21.7. The number of carbonyl (C=O) groups excluding carboxylic acids is 3. The lowest BCUT2D eigenvalue weighted by atomic mass is 9.92. The summed E-state index contributed by atoms with van der Waals surface area (Å²) < 4.78 is 48.3. The molecule has 4 heterocycles. The van der Waals surface area contributed by atoms with Crippen LogP contribution in [0.15, 0.2) is 113 Å². The van der Waals surface area contributed by atoms with E-state index in [9.17, 15) is 18.0 Å². The first-order chi connectivity index (χ1) is 35.3. The summed E-state index contributed by atoms with van der Waals surface area (Å²) in [5.74, 6) is -1.36. The van der Waals surface area contributed by atoms with Crippen molar-refractivity contribution >= 4 is 79.0 Å². The molecular weight excluding hydrogens is 1010 g/mol. The van der Waals surface area contributed by atoms with Gasteiger partial charge in [-0.3, -0.25) is 29.2 Å². The van der Waals surface area contributed by atoms with E-state index >= 15 is 4.79 Å². The second-order valence-electron chi connectivity index (χ2n) is 18.8. The third kappa shape index (κ3) is 12.1. The minimum Gasteiger partial charge on any atom is -0.492 e. The van der Waals surface area contributed by atoms with Gasteiger partial charge in [-0.15, -0.1) is 0 Å². The Hall–Kier alpha value is -5.27. The molecule has 0 bridgehead atoms. The number of unbranched alkanes of at least 4 members (excludes halogenated alkanes) is 1. The number of halogens is 3. The van der Waals surface area contributed by atoms with Gasteiger partial charge in [0.2, 0.25) is 0 Å². The molecule has 5 aromatic carbocycles. The molecule has 5 aromatic rings. The van der Waals surface area contributed by atoms with E-state index in [4.69, 9.17) is 49.0 Å². The number of hydrazine groups is 1.